The molecule has 0 aliphatic carbocycles. The minimum atomic E-state index is -0.328. The molecule has 1 heterocycles. The van der Waals surface area contributed by atoms with Gasteiger partial charge in [0.1, 0.15) is 0 Å². The van der Waals surface area contributed by atoms with Crippen molar-refractivity contribution in [2.75, 3.05) is 0 Å². The molecule has 0 radical (unpaired) electrons. The third-order valence-corrected chi connectivity index (χ3v) is 1.84. The van der Waals surface area contributed by atoms with Crippen LogP contribution >= 0.6 is 11.3 Å². The van der Waals surface area contributed by atoms with Crippen LogP contribution in [0.3, 0.4) is 0 Å². The number of hydrogen-bond donors (Lipinski definition) is 1. The molecule has 2 N–H and O–H groups in total. The predicted octanol–water partition coefficient (Wildman–Crippen LogP) is 0.479. The van der Waals surface area contributed by atoms with Gasteiger partial charge in [-0.3, -0.25) is 4.79 Å². The van der Waals surface area contributed by atoms with Crippen molar-refractivity contribution >= 4 is 17.2 Å². The Morgan fingerprint density at radius 3 is 3.00 bits per heavy atom. The molecule has 0 bridgehead atoms. The summed E-state index contributed by atoms with van der Waals surface area (Å²) in [6.07, 6.45) is 0.254. The lowest BCUT2D eigenvalue weighted by Gasteiger charge is -1.86. The van der Waals surface area contributed by atoms with Crippen LogP contribution in [0.2, 0.25) is 0 Å². The van der Waals surface area contributed by atoms with Crippen molar-refractivity contribution < 1.29 is 4.79 Å². The molecule has 1 amide bonds. The molecule has 10 heavy (non-hydrogen) atoms. The van der Waals surface area contributed by atoms with E-state index in [9.17, 15) is 4.79 Å². The molecule has 0 unspecified atom stereocenters. The molecule has 0 spiro atoms. The Bertz CT molecular complexity index is 244. The van der Waals surface area contributed by atoms with E-state index < -0.39 is 0 Å². The summed E-state index contributed by atoms with van der Waals surface area (Å²) in [7, 11) is 0. The summed E-state index contributed by atoms with van der Waals surface area (Å²) in [5, 5.41) is 2.82. The van der Waals surface area contributed by atoms with Crippen molar-refractivity contribution in [3.05, 3.63) is 16.1 Å². The lowest BCUT2D eigenvalue weighted by molar-refractivity contribution is -0.117. The lowest BCUT2D eigenvalue weighted by Crippen LogP contribution is -2.13. The quantitative estimate of drug-likeness (QED) is 0.677. The van der Waals surface area contributed by atoms with Gasteiger partial charge in [0.15, 0.2) is 0 Å². The molecule has 0 aliphatic rings. The van der Waals surface area contributed by atoms with E-state index in [-0.39, 0.29) is 12.3 Å². The van der Waals surface area contributed by atoms with Crippen LogP contribution in [0.4, 0.5) is 0 Å². The summed E-state index contributed by atoms with van der Waals surface area (Å²) in [5.74, 6) is -0.328. The summed E-state index contributed by atoms with van der Waals surface area (Å²) < 4.78 is 0. The Hall–Kier alpha value is -0.900. The first-order valence-corrected chi connectivity index (χ1v) is 3.76. The highest BCUT2D eigenvalue weighted by molar-refractivity contribution is 7.09. The largest absolute Gasteiger partial charge is 0.369 e. The predicted molar refractivity (Wildman–Crippen MR) is 39.7 cm³/mol. The molecule has 0 aromatic carbocycles. The molecule has 0 saturated heterocycles. The van der Waals surface area contributed by atoms with Gasteiger partial charge in [-0.25, -0.2) is 4.98 Å². The highest BCUT2D eigenvalue weighted by atomic mass is 32.1. The number of primary amides is 1. The van der Waals surface area contributed by atoms with Crippen molar-refractivity contribution in [2.24, 2.45) is 5.73 Å². The summed E-state index contributed by atoms with van der Waals surface area (Å²) in [6.45, 7) is 1.90. The molecule has 1 aromatic rings. The number of rotatable bonds is 2. The van der Waals surface area contributed by atoms with Gasteiger partial charge in [0.25, 0.3) is 0 Å². The number of amides is 1. The molecular weight excluding hydrogens is 148 g/mol. The van der Waals surface area contributed by atoms with Gasteiger partial charge in [0, 0.05) is 5.38 Å². The zero-order valence-corrected chi connectivity index (χ0v) is 6.44. The number of nitrogens with zero attached hydrogens (tertiary/aromatic N) is 1. The molecule has 3 nitrogen and oxygen atoms in total. The van der Waals surface area contributed by atoms with Crippen molar-refractivity contribution in [2.45, 2.75) is 13.3 Å². The number of carbonyl (C=O) groups excluding carboxylic acids is 1. The van der Waals surface area contributed by atoms with E-state index in [1.54, 1.807) is 0 Å². The van der Waals surface area contributed by atoms with Crippen LogP contribution in [0.1, 0.15) is 10.7 Å². The monoisotopic (exact) mass is 156 g/mol. The second kappa shape index (κ2) is 2.79. The number of hydrogen-bond acceptors (Lipinski definition) is 3. The first-order chi connectivity index (χ1) is 4.68. The minimum Gasteiger partial charge on any atom is -0.369 e. The van der Waals surface area contributed by atoms with E-state index in [4.69, 9.17) is 5.73 Å². The van der Waals surface area contributed by atoms with Crippen molar-refractivity contribution in [3.63, 3.8) is 0 Å². The molecule has 1 aromatic heterocycles. The fraction of sp³-hybridized carbons (Fsp3) is 0.333. The average Bonchev–Trinajstić information content (AvgIpc) is 2.13. The third kappa shape index (κ3) is 1.80. The average molecular weight is 156 g/mol. The summed E-state index contributed by atoms with van der Waals surface area (Å²) in [6, 6.07) is 0. The molecule has 0 fully saturated rings. The van der Waals surface area contributed by atoms with Gasteiger partial charge in [0.2, 0.25) is 5.91 Å². The number of aromatic nitrogens is 1. The first kappa shape index (κ1) is 7.21. The van der Waals surface area contributed by atoms with E-state index in [0.29, 0.717) is 0 Å². The SMILES string of the molecule is Cc1nc(CC(N)=O)cs1. The van der Waals surface area contributed by atoms with Crippen LogP contribution in [0.5, 0.6) is 0 Å². The smallest absolute Gasteiger partial charge is 0.223 e. The van der Waals surface area contributed by atoms with Crippen LogP contribution in [-0.2, 0) is 11.2 Å². The highest BCUT2D eigenvalue weighted by Crippen LogP contribution is 2.07. The Balaban J connectivity index is 2.67. The van der Waals surface area contributed by atoms with Gasteiger partial charge in [-0.1, -0.05) is 0 Å². The molecule has 0 aliphatic heterocycles. The van der Waals surface area contributed by atoms with E-state index >= 15 is 0 Å². The Morgan fingerprint density at radius 2 is 2.60 bits per heavy atom. The number of carbonyl (C=O) groups is 1. The summed E-state index contributed by atoms with van der Waals surface area (Å²) in [4.78, 5) is 14.4. The Morgan fingerprint density at radius 1 is 1.90 bits per heavy atom. The molecule has 1 rings (SSSR count). The maximum absolute atomic E-state index is 10.4. The van der Waals surface area contributed by atoms with E-state index in [1.807, 2.05) is 12.3 Å². The van der Waals surface area contributed by atoms with Crippen LogP contribution in [0.15, 0.2) is 5.38 Å². The second-order valence-corrected chi connectivity index (χ2v) is 3.06. The van der Waals surface area contributed by atoms with Crippen LogP contribution in [0.25, 0.3) is 0 Å². The van der Waals surface area contributed by atoms with Crippen molar-refractivity contribution in [1.82, 2.24) is 4.98 Å². The third-order valence-electron chi connectivity index (χ3n) is 1.02. The van der Waals surface area contributed by atoms with E-state index in [1.165, 1.54) is 11.3 Å². The van der Waals surface area contributed by atoms with Gasteiger partial charge in [0.05, 0.1) is 17.1 Å². The first-order valence-electron chi connectivity index (χ1n) is 2.88. The van der Waals surface area contributed by atoms with E-state index in [0.717, 1.165) is 10.7 Å². The second-order valence-electron chi connectivity index (χ2n) is 2.00. The zero-order valence-electron chi connectivity index (χ0n) is 5.63. The zero-order chi connectivity index (χ0) is 7.56. The van der Waals surface area contributed by atoms with Crippen LogP contribution in [-0.4, -0.2) is 10.9 Å². The van der Waals surface area contributed by atoms with E-state index in [2.05, 4.69) is 4.98 Å². The van der Waals surface area contributed by atoms with Gasteiger partial charge in [-0.15, -0.1) is 11.3 Å². The lowest BCUT2D eigenvalue weighted by atomic mass is 10.3. The van der Waals surface area contributed by atoms with Crippen molar-refractivity contribution in [3.8, 4) is 0 Å². The minimum absolute atomic E-state index is 0.254. The molecule has 4 heteroatoms. The Labute approximate surface area is 62.9 Å². The fourth-order valence-corrected chi connectivity index (χ4v) is 1.28. The number of aryl methyl sites for hydroxylation is 1. The summed E-state index contributed by atoms with van der Waals surface area (Å²) >= 11 is 1.53. The Kier molecular flexibility index (Phi) is 2.01. The van der Waals surface area contributed by atoms with Gasteiger partial charge < -0.3 is 5.73 Å². The standard InChI is InChI=1S/C6H8N2OS/c1-4-8-5(3-10-4)2-6(7)9/h3H,2H2,1H3,(H2,7,9). The fourth-order valence-electron chi connectivity index (χ4n) is 0.668. The topological polar surface area (TPSA) is 56.0 Å². The molecule has 54 valence electrons. The summed E-state index contributed by atoms with van der Waals surface area (Å²) in [5.41, 5.74) is 5.73. The number of nitrogens with two attached hydrogens (primary N) is 1. The molecule has 0 saturated carbocycles. The molecular formula is C6H8N2OS. The van der Waals surface area contributed by atoms with Crippen molar-refractivity contribution in [1.29, 1.82) is 0 Å². The molecule has 0 atom stereocenters. The number of thiazole rings is 1. The maximum atomic E-state index is 10.4. The normalized spacial score (nSPS) is 9.70. The van der Waals surface area contributed by atoms with Gasteiger partial charge in [-0.2, -0.15) is 0 Å². The highest BCUT2D eigenvalue weighted by Gasteiger charge is 2.00. The van der Waals surface area contributed by atoms with Gasteiger partial charge >= 0.3 is 0 Å². The maximum Gasteiger partial charge on any atom is 0.223 e. The van der Waals surface area contributed by atoms with Crippen LogP contribution in [0, 0.1) is 6.92 Å². The van der Waals surface area contributed by atoms with Gasteiger partial charge in [-0.05, 0) is 6.92 Å². The van der Waals surface area contributed by atoms with Crippen LogP contribution < -0.4 is 5.73 Å².